The van der Waals surface area contributed by atoms with Gasteiger partial charge >= 0.3 is 0 Å². The molecule has 0 aromatic carbocycles. The zero-order chi connectivity index (χ0) is 14.6. The minimum atomic E-state index is -3.83. The monoisotopic (exact) mass is 301 g/mol. The molecule has 1 aliphatic rings. The molecule has 1 unspecified atom stereocenters. The summed E-state index contributed by atoms with van der Waals surface area (Å²) in [4.78, 5) is 3.69. The molecular weight excluding hydrogens is 281 g/mol. The van der Waals surface area contributed by atoms with Gasteiger partial charge in [-0.2, -0.15) is 4.31 Å². The van der Waals surface area contributed by atoms with Gasteiger partial charge in [0, 0.05) is 19.3 Å². The van der Waals surface area contributed by atoms with Crippen molar-refractivity contribution in [3.8, 4) is 0 Å². The zero-order valence-electron chi connectivity index (χ0n) is 11.5. The second-order valence-electron chi connectivity index (χ2n) is 4.97. The molecule has 0 aliphatic carbocycles. The Balaban J connectivity index is 2.15. The Bertz CT molecular complexity index is 550. The highest BCUT2D eigenvalue weighted by Gasteiger charge is 2.32. The second-order valence-corrected chi connectivity index (χ2v) is 6.82. The highest BCUT2D eigenvalue weighted by Crippen LogP contribution is 2.23. The average Bonchev–Trinajstić information content (AvgIpc) is 2.45. The summed E-state index contributed by atoms with van der Waals surface area (Å²) >= 11 is 0. The summed E-state index contributed by atoms with van der Waals surface area (Å²) in [6.07, 6.45) is 3.09. The van der Waals surface area contributed by atoms with Crippen molar-refractivity contribution < 1.29 is 12.8 Å². The van der Waals surface area contributed by atoms with Gasteiger partial charge in [0.15, 0.2) is 5.82 Å². The van der Waals surface area contributed by atoms with Gasteiger partial charge < -0.3 is 5.32 Å². The number of nitrogens with one attached hydrogen (secondary N) is 1. The van der Waals surface area contributed by atoms with Gasteiger partial charge in [0.2, 0.25) is 5.03 Å². The Labute approximate surface area is 119 Å². The summed E-state index contributed by atoms with van der Waals surface area (Å²) in [7, 11) is -3.83. The molecule has 1 atom stereocenters. The molecule has 5 nitrogen and oxygen atoms in total. The molecule has 0 radical (unpaired) electrons. The Morgan fingerprint density at radius 3 is 3.05 bits per heavy atom. The van der Waals surface area contributed by atoms with E-state index in [9.17, 15) is 12.8 Å². The first kappa shape index (κ1) is 15.3. The molecule has 0 amide bonds. The number of hydrogen-bond donors (Lipinski definition) is 1. The summed E-state index contributed by atoms with van der Waals surface area (Å²) in [5.41, 5.74) is 0. The van der Waals surface area contributed by atoms with E-state index in [1.807, 2.05) is 6.92 Å². The molecule has 0 saturated carbocycles. The van der Waals surface area contributed by atoms with Crippen LogP contribution in [0.25, 0.3) is 0 Å². The van der Waals surface area contributed by atoms with Crippen LogP contribution in [0.15, 0.2) is 23.4 Å². The minimum absolute atomic E-state index is 0.269. The first-order chi connectivity index (χ1) is 9.55. The SMILES string of the molecule is CCNCC1CCCN(S(=O)(=O)c2ncccc2F)C1. The van der Waals surface area contributed by atoms with Crippen LogP contribution in [0.3, 0.4) is 0 Å². The van der Waals surface area contributed by atoms with Crippen LogP contribution in [-0.2, 0) is 10.0 Å². The lowest BCUT2D eigenvalue weighted by molar-refractivity contribution is 0.260. The molecule has 1 fully saturated rings. The number of hydrogen-bond acceptors (Lipinski definition) is 4. The van der Waals surface area contributed by atoms with Gasteiger partial charge in [-0.15, -0.1) is 0 Å². The van der Waals surface area contributed by atoms with Crippen molar-refractivity contribution >= 4 is 10.0 Å². The first-order valence-corrected chi connectivity index (χ1v) is 8.31. The molecule has 2 rings (SSSR count). The lowest BCUT2D eigenvalue weighted by Crippen LogP contribution is -2.43. The van der Waals surface area contributed by atoms with E-state index >= 15 is 0 Å². The molecule has 112 valence electrons. The number of halogens is 1. The van der Waals surface area contributed by atoms with Crippen LogP contribution in [0.4, 0.5) is 4.39 Å². The molecule has 1 aromatic rings. The Morgan fingerprint density at radius 1 is 1.55 bits per heavy atom. The van der Waals surface area contributed by atoms with Crippen molar-refractivity contribution in [2.45, 2.75) is 24.8 Å². The van der Waals surface area contributed by atoms with Gasteiger partial charge in [-0.25, -0.2) is 17.8 Å². The van der Waals surface area contributed by atoms with Crippen LogP contribution in [0.2, 0.25) is 0 Å². The number of sulfonamides is 1. The van der Waals surface area contributed by atoms with Gasteiger partial charge in [0.05, 0.1) is 0 Å². The van der Waals surface area contributed by atoms with E-state index in [-0.39, 0.29) is 5.92 Å². The molecule has 0 bridgehead atoms. The van der Waals surface area contributed by atoms with Gasteiger partial charge in [-0.1, -0.05) is 6.92 Å². The summed E-state index contributed by atoms with van der Waals surface area (Å²) in [6, 6.07) is 2.51. The standard InChI is InChI=1S/C13H20FN3O2S/c1-2-15-9-11-5-4-8-17(10-11)20(18,19)13-12(14)6-3-7-16-13/h3,6-7,11,15H,2,4-5,8-10H2,1H3. The Kier molecular flexibility index (Phi) is 5.06. The van der Waals surface area contributed by atoms with Crippen molar-refractivity contribution in [2.24, 2.45) is 5.92 Å². The van der Waals surface area contributed by atoms with Crippen molar-refractivity contribution in [3.05, 3.63) is 24.1 Å². The van der Waals surface area contributed by atoms with E-state index in [1.165, 1.54) is 16.6 Å². The maximum absolute atomic E-state index is 13.7. The quantitative estimate of drug-likeness (QED) is 0.888. The van der Waals surface area contributed by atoms with Gasteiger partial charge in [-0.05, 0) is 44.0 Å². The van der Waals surface area contributed by atoms with Crippen LogP contribution >= 0.6 is 0 Å². The first-order valence-electron chi connectivity index (χ1n) is 6.87. The number of pyridine rings is 1. The van der Waals surface area contributed by atoms with Crippen LogP contribution in [-0.4, -0.2) is 43.9 Å². The van der Waals surface area contributed by atoms with E-state index < -0.39 is 20.9 Å². The smallest absolute Gasteiger partial charge is 0.263 e. The van der Waals surface area contributed by atoms with E-state index in [0.29, 0.717) is 13.1 Å². The third kappa shape index (κ3) is 3.34. The molecule has 1 aromatic heterocycles. The molecule has 1 N–H and O–H groups in total. The fourth-order valence-electron chi connectivity index (χ4n) is 2.44. The van der Waals surface area contributed by atoms with Crippen LogP contribution in [0.5, 0.6) is 0 Å². The summed E-state index contributed by atoms with van der Waals surface area (Å²) in [5, 5.41) is 2.76. The maximum Gasteiger partial charge on any atom is 0.263 e. The number of aromatic nitrogens is 1. The average molecular weight is 301 g/mol. The predicted molar refractivity (Wildman–Crippen MR) is 74.2 cm³/mol. The lowest BCUT2D eigenvalue weighted by atomic mass is 10.00. The number of nitrogens with zero attached hydrogens (tertiary/aromatic N) is 2. The molecule has 1 aliphatic heterocycles. The van der Waals surface area contributed by atoms with Gasteiger partial charge in [0.25, 0.3) is 10.0 Å². The lowest BCUT2D eigenvalue weighted by Gasteiger charge is -2.31. The normalized spacial score (nSPS) is 21.0. The van der Waals surface area contributed by atoms with Crippen molar-refractivity contribution in [1.29, 1.82) is 0 Å². The Morgan fingerprint density at radius 2 is 2.35 bits per heavy atom. The molecule has 20 heavy (non-hydrogen) atoms. The summed E-state index contributed by atoms with van der Waals surface area (Å²) < 4.78 is 39.9. The maximum atomic E-state index is 13.7. The van der Waals surface area contributed by atoms with Crippen LogP contribution in [0.1, 0.15) is 19.8 Å². The topological polar surface area (TPSA) is 62.3 Å². The summed E-state index contributed by atoms with van der Waals surface area (Å²) in [6.45, 7) is 4.51. The van der Waals surface area contributed by atoms with Crippen molar-refractivity contribution in [2.75, 3.05) is 26.2 Å². The van der Waals surface area contributed by atoms with E-state index in [0.717, 1.165) is 32.0 Å². The van der Waals surface area contributed by atoms with Crippen LogP contribution in [0, 0.1) is 11.7 Å². The van der Waals surface area contributed by atoms with Crippen molar-refractivity contribution in [1.82, 2.24) is 14.6 Å². The number of rotatable bonds is 5. The predicted octanol–water partition coefficient (Wildman–Crippen LogP) is 1.23. The van der Waals surface area contributed by atoms with Gasteiger partial charge in [0.1, 0.15) is 0 Å². The fraction of sp³-hybridized carbons (Fsp3) is 0.615. The zero-order valence-corrected chi connectivity index (χ0v) is 12.4. The van der Waals surface area contributed by atoms with E-state index in [4.69, 9.17) is 0 Å². The molecule has 7 heteroatoms. The summed E-state index contributed by atoms with van der Waals surface area (Å²) in [5.74, 6) is -0.522. The van der Waals surface area contributed by atoms with Crippen molar-refractivity contribution in [3.63, 3.8) is 0 Å². The Hall–Kier alpha value is -1.05. The molecule has 2 heterocycles. The minimum Gasteiger partial charge on any atom is -0.317 e. The second kappa shape index (κ2) is 6.60. The largest absolute Gasteiger partial charge is 0.317 e. The van der Waals surface area contributed by atoms with Gasteiger partial charge in [-0.3, -0.25) is 0 Å². The van der Waals surface area contributed by atoms with E-state index in [1.54, 1.807) is 0 Å². The fourth-order valence-corrected chi connectivity index (χ4v) is 3.97. The van der Waals surface area contributed by atoms with E-state index in [2.05, 4.69) is 10.3 Å². The third-order valence-electron chi connectivity index (χ3n) is 3.47. The molecule has 0 spiro atoms. The molecular formula is C13H20FN3O2S. The third-order valence-corrected chi connectivity index (χ3v) is 5.27. The molecule has 1 saturated heterocycles. The highest BCUT2D eigenvalue weighted by molar-refractivity contribution is 7.89. The highest BCUT2D eigenvalue weighted by atomic mass is 32.2. The van der Waals surface area contributed by atoms with Crippen LogP contribution < -0.4 is 5.32 Å². The number of piperidine rings is 1.